The van der Waals surface area contributed by atoms with Gasteiger partial charge < -0.3 is 19.9 Å². The molecular weight excluding hydrogens is 382 g/mol. The molecule has 1 aromatic heterocycles. The maximum absolute atomic E-state index is 12.5. The first-order valence-corrected chi connectivity index (χ1v) is 10.5. The highest BCUT2D eigenvalue weighted by Gasteiger charge is 2.38. The van der Waals surface area contributed by atoms with E-state index in [0.717, 1.165) is 0 Å². The molecule has 1 aromatic carbocycles. The van der Waals surface area contributed by atoms with Crippen LogP contribution in [0.25, 0.3) is 0 Å². The van der Waals surface area contributed by atoms with E-state index in [9.17, 15) is 9.59 Å². The van der Waals surface area contributed by atoms with Crippen molar-refractivity contribution in [3.8, 4) is 5.75 Å². The number of thiophene rings is 1. The highest BCUT2D eigenvalue weighted by atomic mass is 32.2. The van der Waals surface area contributed by atoms with Gasteiger partial charge in [-0.3, -0.25) is 4.79 Å². The van der Waals surface area contributed by atoms with Crippen molar-refractivity contribution in [2.75, 3.05) is 32.6 Å². The van der Waals surface area contributed by atoms with Crippen LogP contribution in [0.5, 0.6) is 5.75 Å². The number of nitrogens with one attached hydrogen (secondary N) is 1. The van der Waals surface area contributed by atoms with Crippen LogP contribution in [0.2, 0.25) is 0 Å². The molecule has 3 rings (SSSR count). The molecule has 2 aromatic rings. The molecule has 0 bridgehead atoms. The summed E-state index contributed by atoms with van der Waals surface area (Å²) in [4.78, 5) is 29.7. The number of para-hydroxylation sites is 2. The van der Waals surface area contributed by atoms with Crippen molar-refractivity contribution < 1.29 is 14.3 Å². The van der Waals surface area contributed by atoms with Gasteiger partial charge in [0.05, 0.1) is 18.0 Å². The number of amides is 3. The summed E-state index contributed by atoms with van der Waals surface area (Å²) < 4.78 is 5.26. The van der Waals surface area contributed by atoms with Crippen LogP contribution in [-0.4, -0.2) is 54.2 Å². The summed E-state index contributed by atoms with van der Waals surface area (Å²) >= 11 is 3.31. The smallest absolute Gasteiger partial charge is 0.321 e. The lowest BCUT2D eigenvalue weighted by molar-refractivity contribution is -0.129. The molecular formula is C19H23N3O3S2. The average Bonchev–Trinajstić information content (AvgIpc) is 3.29. The van der Waals surface area contributed by atoms with Gasteiger partial charge in [-0.1, -0.05) is 18.2 Å². The predicted molar refractivity (Wildman–Crippen MR) is 110 cm³/mol. The molecule has 0 spiro atoms. The van der Waals surface area contributed by atoms with Crippen LogP contribution in [0, 0.1) is 0 Å². The van der Waals surface area contributed by atoms with Crippen molar-refractivity contribution in [3.63, 3.8) is 0 Å². The SMILES string of the molecule is COc1ccccc1NC(=O)N(C)CCN1C(=O)[C@H](C)S[C@@H]1c1cccs1. The zero-order chi connectivity index (χ0) is 19.4. The van der Waals surface area contributed by atoms with E-state index in [-0.39, 0.29) is 22.6 Å². The van der Waals surface area contributed by atoms with Crippen LogP contribution in [0.4, 0.5) is 10.5 Å². The lowest BCUT2D eigenvalue weighted by Gasteiger charge is -2.26. The zero-order valence-electron chi connectivity index (χ0n) is 15.5. The monoisotopic (exact) mass is 405 g/mol. The number of urea groups is 1. The molecule has 1 saturated heterocycles. The molecule has 1 fully saturated rings. The van der Waals surface area contributed by atoms with Crippen LogP contribution >= 0.6 is 23.1 Å². The number of likely N-dealkylation sites (N-methyl/N-ethyl adjacent to an activating group) is 1. The van der Waals surface area contributed by atoms with Gasteiger partial charge in [0.1, 0.15) is 11.1 Å². The zero-order valence-corrected chi connectivity index (χ0v) is 17.2. The van der Waals surface area contributed by atoms with Crippen molar-refractivity contribution in [1.29, 1.82) is 0 Å². The quantitative estimate of drug-likeness (QED) is 0.792. The summed E-state index contributed by atoms with van der Waals surface area (Å²) in [5.41, 5.74) is 0.620. The second-order valence-corrected chi connectivity index (χ2v) is 8.63. The van der Waals surface area contributed by atoms with Crippen LogP contribution < -0.4 is 10.1 Å². The Labute approximate surface area is 167 Å². The number of benzene rings is 1. The fourth-order valence-corrected chi connectivity index (χ4v) is 5.13. The standard InChI is InChI=1S/C19H23N3O3S2/c1-13-17(23)22(18(27-13)16-9-6-12-26-16)11-10-21(2)19(24)20-14-7-4-5-8-15(14)25-3/h4-9,12-13,18H,10-11H2,1-3H3,(H,20,24)/t13-,18+/m0/s1. The first-order chi connectivity index (χ1) is 13.0. The molecule has 27 heavy (non-hydrogen) atoms. The number of thioether (sulfide) groups is 1. The highest BCUT2D eigenvalue weighted by Crippen LogP contribution is 2.44. The van der Waals surface area contributed by atoms with Gasteiger partial charge in [-0.2, -0.15) is 0 Å². The van der Waals surface area contributed by atoms with Crippen LogP contribution in [0.1, 0.15) is 17.2 Å². The molecule has 2 atom stereocenters. The molecule has 6 nitrogen and oxygen atoms in total. The summed E-state index contributed by atoms with van der Waals surface area (Å²) in [5, 5.41) is 4.83. The normalized spacial score (nSPS) is 19.2. The Kier molecular flexibility index (Phi) is 6.28. The molecule has 0 saturated carbocycles. The van der Waals surface area contributed by atoms with Gasteiger partial charge in [-0.25, -0.2) is 4.79 Å². The van der Waals surface area contributed by atoms with E-state index in [1.807, 2.05) is 35.4 Å². The second kappa shape index (κ2) is 8.67. The number of anilines is 1. The fourth-order valence-electron chi connectivity index (χ4n) is 2.87. The second-order valence-electron chi connectivity index (χ2n) is 6.23. The summed E-state index contributed by atoms with van der Waals surface area (Å²) in [5.74, 6) is 0.730. The third-order valence-corrected chi connectivity index (χ3v) is 6.86. The van der Waals surface area contributed by atoms with Crippen molar-refractivity contribution in [2.45, 2.75) is 17.5 Å². The molecule has 1 aliphatic rings. The van der Waals surface area contributed by atoms with Crippen LogP contribution in [0.15, 0.2) is 41.8 Å². The molecule has 0 radical (unpaired) electrons. The minimum absolute atomic E-state index is 0.0261. The molecule has 1 aliphatic heterocycles. The van der Waals surface area contributed by atoms with E-state index in [4.69, 9.17) is 4.74 Å². The number of methoxy groups -OCH3 is 1. The largest absolute Gasteiger partial charge is 0.495 e. The minimum atomic E-state index is -0.237. The fraction of sp³-hybridized carbons (Fsp3) is 0.368. The number of nitrogens with zero attached hydrogens (tertiary/aromatic N) is 2. The molecule has 0 unspecified atom stereocenters. The Hall–Kier alpha value is -2.19. The van der Waals surface area contributed by atoms with E-state index in [1.165, 1.54) is 4.88 Å². The molecule has 1 N–H and O–H groups in total. The van der Waals surface area contributed by atoms with Crippen LogP contribution in [-0.2, 0) is 4.79 Å². The summed E-state index contributed by atoms with van der Waals surface area (Å²) in [7, 11) is 3.29. The Morgan fingerprint density at radius 3 is 2.78 bits per heavy atom. The number of carbonyl (C=O) groups is 2. The molecule has 2 heterocycles. The van der Waals surface area contributed by atoms with Gasteiger partial charge in [0.2, 0.25) is 5.91 Å². The summed E-state index contributed by atoms with van der Waals surface area (Å²) in [6, 6.07) is 11.1. The van der Waals surface area contributed by atoms with Crippen molar-refractivity contribution >= 4 is 40.7 Å². The number of carbonyl (C=O) groups excluding carboxylic acids is 2. The number of ether oxygens (including phenoxy) is 1. The molecule has 144 valence electrons. The van der Waals surface area contributed by atoms with Gasteiger partial charge in [0.15, 0.2) is 0 Å². The van der Waals surface area contributed by atoms with Crippen molar-refractivity contribution in [1.82, 2.24) is 9.80 Å². The van der Waals surface area contributed by atoms with Gasteiger partial charge in [-0.05, 0) is 30.5 Å². The maximum atomic E-state index is 12.5. The molecule has 3 amide bonds. The summed E-state index contributed by atoms with van der Waals surface area (Å²) in [6.07, 6.45) is 0. The summed E-state index contributed by atoms with van der Waals surface area (Å²) in [6.45, 7) is 2.88. The lowest BCUT2D eigenvalue weighted by atomic mass is 10.3. The maximum Gasteiger partial charge on any atom is 0.321 e. The molecule has 0 aliphatic carbocycles. The van der Waals surface area contributed by atoms with Gasteiger partial charge in [0.25, 0.3) is 0 Å². The first-order valence-electron chi connectivity index (χ1n) is 8.65. The molecule has 8 heteroatoms. The average molecular weight is 406 g/mol. The highest BCUT2D eigenvalue weighted by molar-refractivity contribution is 8.01. The number of rotatable bonds is 6. The van der Waals surface area contributed by atoms with Gasteiger partial charge >= 0.3 is 6.03 Å². The Balaban J connectivity index is 1.61. The lowest BCUT2D eigenvalue weighted by Crippen LogP contribution is -2.40. The van der Waals surface area contributed by atoms with E-state index < -0.39 is 0 Å². The Morgan fingerprint density at radius 1 is 1.30 bits per heavy atom. The third kappa shape index (κ3) is 4.39. The van der Waals surface area contributed by atoms with Crippen molar-refractivity contribution in [2.24, 2.45) is 0 Å². The predicted octanol–water partition coefficient (Wildman–Crippen LogP) is 3.88. The van der Waals surface area contributed by atoms with Gasteiger partial charge in [-0.15, -0.1) is 23.1 Å². The Bertz CT molecular complexity index is 797. The van der Waals surface area contributed by atoms with Crippen LogP contribution in [0.3, 0.4) is 0 Å². The number of hydrogen-bond acceptors (Lipinski definition) is 5. The van der Waals surface area contributed by atoms with E-state index in [0.29, 0.717) is 24.5 Å². The minimum Gasteiger partial charge on any atom is -0.495 e. The van der Waals surface area contributed by atoms with E-state index in [2.05, 4.69) is 11.4 Å². The third-order valence-electron chi connectivity index (χ3n) is 4.41. The van der Waals surface area contributed by atoms with E-state index in [1.54, 1.807) is 54.3 Å². The topological polar surface area (TPSA) is 61.9 Å². The number of hydrogen-bond donors (Lipinski definition) is 1. The van der Waals surface area contributed by atoms with E-state index >= 15 is 0 Å². The van der Waals surface area contributed by atoms with Gasteiger partial charge in [0, 0.05) is 25.0 Å². The van der Waals surface area contributed by atoms with Crippen molar-refractivity contribution in [3.05, 3.63) is 46.7 Å². The Morgan fingerprint density at radius 2 is 2.07 bits per heavy atom. The first kappa shape index (κ1) is 19.6.